The smallest absolute Gasteiger partial charge is 0.131 e. The summed E-state index contributed by atoms with van der Waals surface area (Å²) >= 11 is 1.57. The van der Waals surface area contributed by atoms with Crippen LogP contribution in [0.2, 0.25) is 0 Å². The van der Waals surface area contributed by atoms with Crippen molar-refractivity contribution >= 4 is 11.8 Å². The molecule has 7 heteroatoms. The second kappa shape index (κ2) is 7.17. The lowest BCUT2D eigenvalue weighted by molar-refractivity contribution is 0.0333. The predicted molar refractivity (Wildman–Crippen MR) is 92.2 cm³/mol. The van der Waals surface area contributed by atoms with Crippen LogP contribution in [0.1, 0.15) is 17.2 Å². The highest BCUT2D eigenvalue weighted by Gasteiger charge is 2.35. The SMILES string of the molecule is Fc1ccc2c(c1)C(OCc1c(F)cccc1F)C(Cn1ccnc1)S2. The Hall–Kier alpha value is -2.25. The number of hydrogen-bond donors (Lipinski definition) is 0. The molecule has 134 valence electrons. The highest BCUT2D eigenvalue weighted by Crippen LogP contribution is 2.47. The summed E-state index contributed by atoms with van der Waals surface area (Å²) in [5, 5.41) is -0.0594. The fraction of sp³-hybridized carbons (Fsp3) is 0.211. The van der Waals surface area contributed by atoms with Gasteiger partial charge >= 0.3 is 0 Å². The number of imidazole rings is 1. The summed E-state index contributed by atoms with van der Waals surface area (Å²) in [6.45, 7) is 0.367. The predicted octanol–water partition coefficient (Wildman–Crippen LogP) is 4.73. The molecule has 1 aliphatic heterocycles. The van der Waals surface area contributed by atoms with E-state index in [2.05, 4.69) is 4.98 Å². The van der Waals surface area contributed by atoms with E-state index in [1.54, 1.807) is 30.4 Å². The van der Waals surface area contributed by atoms with Gasteiger partial charge in [0, 0.05) is 29.4 Å². The third-order valence-corrected chi connectivity index (χ3v) is 5.64. The average Bonchev–Trinajstić information content (AvgIpc) is 3.23. The molecule has 2 heterocycles. The van der Waals surface area contributed by atoms with Gasteiger partial charge in [-0.25, -0.2) is 18.2 Å². The molecule has 0 saturated heterocycles. The van der Waals surface area contributed by atoms with Crippen molar-refractivity contribution in [2.45, 2.75) is 29.4 Å². The van der Waals surface area contributed by atoms with Crippen LogP contribution in [0.4, 0.5) is 13.2 Å². The van der Waals surface area contributed by atoms with Crippen LogP contribution in [0.15, 0.2) is 60.0 Å². The topological polar surface area (TPSA) is 27.1 Å². The minimum Gasteiger partial charge on any atom is -0.367 e. The fourth-order valence-corrected chi connectivity index (χ4v) is 4.43. The van der Waals surface area contributed by atoms with E-state index in [-0.39, 0.29) is 23.2 Å². The molecular weight excluding hydrogens is 361 g/mol. The molecule has 0 radical (unpaired) electrons. The van der Waals surface area contributed by atoms with Crippen molar-refractivity contribution < 1.29 is 17.9 Å². The maximum absolute atomic E-state index is 13.9. The normalized spacial score (nSPS) is 18.9. The monoisotopic (exact) mass is 376 g/mol. The second-order valence-electron chi connectivity index (χ2n) is 6.03. The van der Waals surface area contributed by atoms with Gasteiger partial charge in [-0.05, 0) is 35.9 Å². The summed E-state index contributed by atoms with van der Waals surface area (Å²) in [7, 11) is 0. The first-order valence-corrected chi connectivity index (χ1v) is 8.96. The summed E-state index contributed by atoms with van der Waals surface area (Å²) < 4.78 is 49.3. The van der Waals surface area contributed by atoms with Gasteiger partial charge in [-0.2, -0.15) is 0 Å². The zero-order chi connectivity index (χ0) is 18.1. The molecule has 0 saturated carbocycles. The Morgan fingerprint density at radius 2 is 1.92 bits per heavy atom. The van der Waals surface area contributed by atoms with Gasteiger partial charge in [0.2, 0.25) is 0 Å². The maximum Gasteiger partial charge on any atom is 0.131 e. The van der Waals surface area contributed by atoms with Crippen molar-refractivity contribution in [2.75, 3.05) is 0 Å². The highest BCUT2D eigenvalue weighted by atomic mass is 32.2. The molecule has 26 heavy (non-hydrogen) atoms. The Bertz CT molecular complexity index is 897. The number of hydrogen-bond acceptors (Lipinski definition) is 3. The largest absolute Gasteiger partial charge is 0.367 e. The van der Waals surface area contributed by atoms with Crippen LogP contribution >= 0.6 is 11.8 Å². The van der Waals surface area contributed by atoms with Crippen molar-refractivity contribution in [1.29, 1.82) is 0 Å². The van der Waals surface area contributed by atoms with Crippen molar-refractivity contribution in [1.82, 2.24) is 9.55 Å². The lowest BCUT2D eigenvalue weighted by Gasteiger charge is -2.21. The number of nitrogens with zero attached hydrogens (tertiary/aromatic N) is 2. The van der Waals surface area contributed by atoms with Gasteiger partial charge in [0.05, 0.1) is 24.3 Å². The van der Waals surface area contributed by atoms with Gasteiger partial charge in [0.15, 0.2) is 0 Å². The number of rotatable bonds is 5. The average molecular weight is 376 g/mol. The molecule has 0 amide bonds. The molecule has 0 N–H and O–H groups in total. The Kier molecular flexibility index (Phi) is 4.74. The summed E-state index contributed by atoms with van der Waals surface area (Å²) in [5.41, 5.74) is 0.584. The van der Waals surface area contributed by atoms with E-state index in [4.69, 9.17) is 4.74 Å². The second-order valence-corrected chi connectivity index (χ2v) is 7.31. The van der Waals surface area contributed by atoms with Crippen molar-refractivity contribution in [2.24, 2.45) is 0 Å². The quantitative estimate of drug-likeness (QED) is 0.644. The summed E-state index contributed by atoms with van der Waals surface area (Å²) in [6.07, 6.45) is 4.72. The van der Waals surface area contributed by atoms with Crippen molar-refractivity contribution in [3.8, 4) is 0 Å². The Morgan fingerprint density at radius 1 is 1.12 bits per heavy atom. The minimum absolute atomic E-state index is 0.0594. The number of aromatic nitrogens is 2. The molecule has 0 bridgehead atoms. The third kappa shape index (κ3) is 3.37. The molecule has 1 aromatic heterocycles. The standard InChI is InChI=1S/C19H15F3N2OS/c20-12-4-5-17-13(8-12)19(18(26-17)9-24-7-6-23-11-24)25-10-14-15(21)2-1-3-16(14)22/h1-8,11,18-19H,9-10H2. The van der Waals surface area contributed by atoms with E-state index < -0.39 is 17.7 Å². The fourth-order valence-electron chi connectivity index (χ4n) is 3.05. The number of thioether (sulfide) groups is 1. The van der Waals surface area contributed by atoms with Gasteiger partial charge in [-0.15, -0.1) is 11.8 Å². The van der Waals surface area contributed by atoms with E-state index in [1.807, 2.05) is 10.8 Å². The van der Waals surface area contributed by atoms with Crippen LogP contribution in [0.3, 0.4) is 0 Å². The molecule has 1 aliphatic rings. The Morgan fingerprint density at radius 3 is 2.65 bits per heavy atom. The van der Waals surface area contributed by atoms with E-state index in [1.165, 1.54) is 30.3 Å². The Labute approximate surface area is 152 Å². The molecule has 0 spiro atoms. The van der Waals surface area contributed by atoms with Crippen molar-refractivity contribution in [3.05, 3.63) is 83.7 Å². The van der Waals surface area contributed by atoms with Gasteiger partial charge < -0.3 is 9.30 Å². The minimum atomic E-state index is -0.652. The van der Waals surface area contributed by atoms with Gasteiger partial charge in [0.1, 0.15) is 17.5 Å². The zero-order valence-corrected chi connectivity index (χ0v) is 14.4. The molecule has 3 aromatic rings. The molecule has 2 atom stereocenters. The van der Waals surface area contributed by atoms with Crippen molar-refractivity contribution in [3.63, 3.8) is 0 Å². The number of benzene rings is 2. The van der Waals surface area contributed by atoms with Gasteiger partial charge in [0.25, 0.3) is 0 Å². The van der Waals surface area contributed by atoms with E-state index in [0.717, 1.165) is 4.90 Å². The van der Waals surface area contributed by atoms with Crippen LogP contribution in [0.5, 0.6) is 0 Å². The van der Waals surface area contributed by atoms with Crippen LogP contribution in [0, 0.1) is 17.5 Å². The number of halogens is 3. The highest BCUT2D eigenvalue weighted by molar-refractivity contribution is 8.00. The summed E-state index contributed by atoms with van der Waals surface area (Å²) in [6, 6.07) is 8.25. The zero-order valence-electron chi connectivity index (χ0n) is 13.6. The molecule has 0 fully saturated rings. The molecule has 3 nitrogen and oxygen atoms in total. The van der Waals surface area contributed by atoms with Crippen LogP contribution in [-0.2, 0) is 17.9 Å². The lowest BCUT2D eigenvalue weighted by atomic mass is 10.1. The van der Waals surface area contributed by atoms with Crippen LogP contribution in [-0.4, -0.2) is 14.8 Å². The summed E-state index contributed by atoms with van der Waals surface area (Å²) in [5.74, 6) is -1.67. The summed E-state index contributed by atoms with van der Waals surface area (Å²) in [4.78, 5) is 4.94. The van der Waals surface area contributed by atoms with Gasteiger partial charge in [-0.3, -0.25) is 0 Å². The lowest BCUT2D eigenvalue weighted by Crippen LogP contribution is -2.20. The number of fused-ring (bicyclic) bond motifs is 1. The van der Waals surface area contributed by atoms with E-state index in [0.29, 0.717) is 12.1 Å². The molecular formula is C19H15F3N2OS. The van der Waals surface area contributed by atoms with Crippen LogP contribution in [0.25, 0.3) is 0 Å². The first-order chi connectivity index (χ1) is 12.6. The maximum atomic E-state index is 13.9. The first-order valence-electron chi connectivity index (χ1n) is 8.08. The van der Waals surface area contributed by atoms with Gasteiger partial charge in [-0.1, -0.05) is 6.07 Å². The molecule has 4 rings (SSSR count). The molecule has 0 aliphatic carbocycles. The Balaban J connectivity index is 1.60. The van der Waals surface area contributed by atoms with E-state index >= 15 is 0 Å². The van der Waals surface area contributed by atoms with Crippen LogP contribution < -0.4 is 0 Å². The molecule has 2 unspecified atom stereocenters. The number of ether oxygens (including phenoxy) is 1. The third-order valence-electron chi connectivity index (χ3n) is 4.31. The van der Waals surface area contributed by atoms with E-state index in [9.17, 15) is 13.2 Å². The first kappa shape index (κ1) is 17.2. The molecule has 2 aromatic carbocycles.